The number of methoxy groups -OCH3 is 1. The fourth-order valence-electron chi connectivity index (χ4n) is 10.0. The normalized spacial score (nSPS) is 25.2. The summed E-state index contributed by atoms with van der Waals surface area (Å²) in [6.45, 7) is 0. The molecule has 288 valence electrons. The SMILES string of the molecule is COc1cc([C@H]2C3=CC[C@@H]4C(=O)N(c5ccc(-c6nc7ccccc7o6)cc5)C(=O)[C@@H]4[C@@H]3C[C@H]3C(=O)N(c4cccc(Cl)c4)C(=O)[C@@]23c2ccccc2)cc(I)c1O. The van der Waals surface area contributed by atoms with E-state index in [0.29, 0.717) is 48.1 Å². The molecule has 1 saturated carbocycles. The average Bonchev–Trinajstić information content (AvgIpc) is 3.86. The van der Waals surface area contributed by atoms with Crippen LogP contribution in [0.5, 0.6) is 11.5 Å². The van der Waals surface area contributed by atoms with Crippen molar-refractivity contribution in [3.63, 3.8) is 0 Å². The van der Waals surface area contributed by atoms with Crippen molar-refractivity contribution in [3.8, 4) is 23.0 Å². The van der Waals surface area contributed by atoms with Gasteiger partial charge in [0.2, 0.25) is 29.5 Å². The summed E-state index contributed by atoms with van der Waals surface area (Å²) in [5.74, 6) is -4.66. The number of hydrogen-bond donors (Lipinski definition) is 1. The quantitative estimate of drug-likeness (QED) is 0.0998. The highest BCUT2D eigenvalue weighted by molar-refractivity contribution is 14.1. The van der Waals surface area contributed by atoms with Crippen LogP contribution in [-0.4, -0.2) is 40.8 Å². The first-order valence-corrected chi connectivity index (χ1v) is 20.4. The molecule has 58 heavy (non-hydrogen) atoms. The monoisotopic (exact) mass is 901 g/mol. The van der Waals surface area contributed by atoms with Crippen LogP contribution in [0, 0.1) is 27.2 Å². The second kappa shape index (κ2) is 13.7. The van der Waals surface area contributed by atoms with Crippen LogP contribution in [0.15, 0.2) is 131 Å². The molecular formula is C46H33ClIN3O7. The fraction of sp³-hybridized carbons (Fsp3) is 0.196. The maximum atomic E-state index is 15.5. The molecule has 10 rings (SSSR count). The number of imide groups is 2. The third-order valence-corrected chi connectivity index (χ3v) is 13.5. The topological polar surface area (TPSA) is 130 Å². The number of aromatic nitrogens is 1. The third kappa shape index (κ3) is 5.25. The fourth-order valence-corrected chi connectivity index (χ4v) is 10.8. The van der Waals surface area contributed by atoms with Crippen LogP contribution in [0.2, 0.25) is 5.02 Å². The number of halogens is 2. The first kappa shape index (κ1) is 36.5. The molecule has 1 N–H and O–H groups in total. The zero-order valence-electron chi connectivity index (χ0n) is 30.8. The van der Waals surface area contributed by atoms with Gasteiger partial charge in [-0.05, 0) is 119 Å². The summed E-state index contributed by atoms with van der Waals surface area (Å²) in [5, 5.41) is 11.4. The van der Waals surface area contributed by atoms with Gasteiger partial charge in [0.1, 0.15) is 5.52 Å². The average molecular weight is 902 g/mol. The van der Waals surface area contributed by atoms with Gasteiger partial charge in [0.25, 0.3) is 0 Å². The van der Waals surface area contributed by atoms with Crippen molar-refractivity contribution in [3.05, 3.63) is 147 Å². The molecule has 3 fully saturated rings. The van der Waals surface area contributed by atoms with Gasteiger partial charge < -0.3 is 14.3 Å². The van der Waals surface area contributed by atoms with Crippen molar-refractivity contribution in [2.75, 3.05) is 16.9 Å². The van der Waals surface area contributed by atoms with Crippen molar-refractivity contribution < 1.29 is 33.4 Å². The smallest absolute Gasteiger partial charge is 0.246 e. The second-order valence-electron chi connectivity index (χ2n) is 15.2. The molecular weight excluding hydrogens is 869 g/mol. The van der Waals surface area contributed by atoms with Crippen molar-refractivity contribution in [2.24, 2.45) is 23.7 Å². The summed E-state index contributed by atoms with van der Waals surface area (Å²) in [5.41, 5.74) is 3.46. The van der Waals surface area contributed by atoms with Crippen LogP contribution < -0.4 is 14.5 Å². The number of allylic oxidation sites excluding steroid dienone is 2. The zero-order valence-corrected chi connectivity index (χ0v) is 33.8. The standard InChI is InChI=1S/C46H33ClIN3O7/c1-57-37-21-25(20-34(48)40(37)52)39-30-18-19-31-38(44(55)50(42(31)53)28-16-14-24(15-17-28)41-49-35-12-5-6-13-36(35)58-41)32(30)23-33-43(54)51(29-11-7-10-27(47)22-29)45(56)46(33,39)26-8-3-2-4-9-26/h2-18,20-22,31-33,38-39,52H,19,23H2,1H3/t31-,32+,33-,38-,39-,46+/m0/s1. The number of nitrogens with zero attached hydrogens (tertiary/aromatic N) is 3. The summed E-state index contributed by atoms with van der Waals surface area (Å²) < 4.78 is 12.1. The van der Waals surface area contributed by atoms with Crippen LogP contribution in [0.4, 0.5) is 11.4 Å². The van der Waals surface area contributed by atoms with E-state index < -0.39 is 46.8 Å². The van der Waals surface area contributed by atoms with Crippen molar-refractivity contribution in [1.82, 2.24) is 4.98 Å². The molecule has 10 nitrogen and oxygen atoms in total. The molecule has 5 aromatic carbocycles. The highest BCUT2D eigenvalue weighted by Gasteiger charge is 2.70. The number of phenolic OH excluding ortho intramolecular Hbond substituents is 1. The van der Waals surface area contributed by atoms with E-state index in [-0.39, 0.29) is 36.2 Å². The summed E-state index contributed by atoms with van der Waals surface area (Å²) >= 11 is 8.48. The minimum Gasteiger partial charge on any atom is -0.504 e. The third-order valence-electron chi connectivity index (χ3n) is 12.4. The van der Waals surface area contributed by atoms with Gasteiger partial charge in [-0.3, -0.25) is 24.1 Å². The molecule has 2 aliphatic carbocycles. The van der Waals surface area contributed by atoms with E-state index in [1.807, 2.05) is 89.3 Å². The second-order valence-corrected chi connectivity index (χ2v) is 16.8. The van der Waals surface area contributed by atoms with Gasteiger partial charge in [-0.2, -0.15) is 0 Å². The Kier molecular flexibility index (Phi) is 8.61. The zero-order chi connectivity index (χ0) is 40.0. The number of para-hydroxylation sites is 2. The number of hydrogen-bond acceptors (Lipinski definition) is 8. The van der Waals surface area contributed by atoms with E-state index in [1.165, 1.54) is 16.9 Å². The van der Waals surface area contributed by atoms with Gasteiger partial charge in [0.05, 0.1) is 45.2 Å². The number of carbonyl (C=O) groups excluding carboxylic acids is 4. The molecule has 1 aromatic heterocycles. The molecule has 0 bridgehead atoms. The first-order valence-electron chi connectivity index (χ1n) is 18.9. The van der Waals surface area contributed by atoms with Crippen molar-refractivity contribution in [2.45, 2.75) is 24.2 Å². The highest BCUT2D eigenvalue weighted by Crippen LogP contribution is 2.65. The van der Waals surface area contributed by atoms with Crippen LogP contribution in [0.3, 0.4) is 0 Å². The summed E-state index contributed by atoms with van der Waals surface area (Å²) in [6, 6.07) is 34.0. The lowest BCUT2D eigenvalue weighted by molar-refractivity contribution is -0.127. The molecule has 6 atom stereocenters. The molecule has 0 spiro atoms. The van der Waals surface area contributed by atoms with E-state index in [0.717, 1.165) is 11.1 Å². The summed E-state index contributed by atoms with van der Waals surface area (Å²) in [6.07, 6.45) is 2.42. The van der Waals surface area contributed by atoms with Gasteiger partial charge in [0.15, 0.2) is 17.1 Å². The van der Waals surface area contributed by atoms with Crippen LogP contribution >= 0.6 is 34.2 Å². The number of amides is 4. The maximum Gasteiger partial charge on any atom is 0.246 e. The predicted molar refractivity (Wildman–Crippen MR) is 225 cm³/mol. The van der Waals surface area contributed by atoms with E-state index in [9.17, 15) is 14.7 Å². The number of rotatable bonds is 6. The summed E-state index contributed by atoms with van der Waals surface area (Å²) in [7, 11) is 1.46. The largest absolute Gasteiger partial charge is 0.504 e. The molecule has 2 aliphatic heterocycles. The highest BCUT2D eigenvalue weighted by atomic mass is 127. The predicted octanol–water partition coefficient (Wildman–Crippen LogP) is 8.83. The number of fused-ring (bicyclic) bond motifs is 5. The Bertz CT molecular complexity index is 2720. The molecule has 12 heteroatoms. The van der Waals surface area contributed by atoms with Crippen molar-refractivity contribution >= 4 is 80.3 Å². The van der Waals surface area contributed by atoms with Gasteiger partial charge in [-0.1, -0.05) is 71.8 Å². The van der Waals surface area contributed by atoms with Crippen LogP contribution in [-0.2, 0) is 24.6 Å². The van der Waals surface area contributed by atoms with Gasteiger partial charge in [-0.15, -0.1) is 0 Å². The number of benzene rings is 5. The van der Waals surface area contributed by atoms with Gasteiger partial charge in [-0.25, -0.2) is 9.88 Å². The number of carbonyl (C=O) groups is 4. The Morgan fingerprint density at radius 2 is 1.59 bits per heavy atom. The molecule has 0 radical (unpaired) electrons. The number of phenols is 1. The van der Waals surface area contributed by atoms with Crippen LogP contribution in [0.25, 0.3) is 22.6 Å². The summed E-state index contributed by atoms with van der Waals surface area (Å²) in [4.78, 5) is 66.9. The van der Waals surface area contributed by atoms with E-state index in [2.05, 4.69) is 4.98 Å². The molecule has 2 saturated heterocycles. The number of oxazole rings is 1. The van der Waals surface area contributed by atoms with E-state index in [1.54, 1.807) is 54.6 Å². The molecule has 6 aromatic rings. The molecule has 0 unspecified atom stereocenters. The Morgan fingerprint density at radius 1 is 0.828 bits per heavy atom. The maximum absolute atomic E-state index is 15.5. The molecule has 3 heterocycles. The first-order chi connectivity index (χ1) is 28.1. The van der Waals surface area contributed by atoms with E-state index >= 15 is 9.59 Å². The van der Waals surface area contributed by atoms with Gasteiger partial charge in [0, 0.05) is 16.5 Å². The Hall–Kier alpha value is -5.79. The lowest BCUT2D eigenvalue weighted by atomic mass is 9.49. The minimum absolute atomic E-state index is 0.0501. The number of aromatic hydroxyl groups is 1. The molecule has 4 aliphatic rings. The lowest BCUT2D eigenvalue weighted by Crippen LogP contribution is -2.53. The Morgan fingerprint density at radius 3 is 2.33 bits per heavy atom. The van der Waals surface area contributed by atoms with Gasteiger partial charge >= 0.3 is 0 Å². The van der Waals surface area contributed by atoms with Crippen molar-refractivity contribution in [1.29, 1.82) is 0 Å². The van der Waals surface area contributed by atoms with Crippen LogP contribution in [0.1, 0.15) is 29.9 Å². The lowest BCUT2D eigenvalue weighted by Gasteiger charge is -2.50. The van der Waals surface area contributed by atoms with E-state index in [4.69, 9.17) is 20.8 Å². The number of anilines is 2. The Balaban J connectivity index is 1.11. The minimum atomic E-state index is -1.47. The Labute approximate surface area is 351 Å². The molecule has 4 amide bonds. The number of ether oxygens (including phenoxy) is 1.